The van der Waals surface area contributed by atoms with Crippen LogP contribution in [0.4, 0.5) is 0 Å². The molecule has 1 atom stereocenters. The molecule has 88 valence electrons. The Kier molecular flexibility index (Phi) is 3.23. The number of fused-ring (bicyclic) bond motifs is 1. The summed E-state index contributed by atoms with van der Waals surface area (Å²) >= 11 is 0. The van der Waals surface area contributed by atoms with Crippen LogP contribution < -0.4 is 10.5 Å². The average molecular weight is 229 g/mol. The van der Waals surface area contributed by atoms with Gasteiger partial charge in [-0.15, -0.1) is 0 Å². The summed E-state index contributed by atoms with van der Waals surface area (Å²) in [5.74, 6) is 0.769. The summed E-state index contributed by atoms with van der Waals surface area (Å²) in [7, 11) is 0. The summed E-state index contributed by atoms with van der Waals surface area (Å²) in [6.07, 6.45) is 2.04. The van der Waals surface area contributed by atoms with E-state index in [-0.39, 0.29) is 11.9 Å². The highest BCUT2D eigenvalue weighted by molar-refractivity contribution is 5.86. The van der Waals surface area contributed by atoms with E-state index in [1.54, 1.807) is 6.20 Å². The molecule has 2 aromatic rings. The third kappa shape index (κ3) is 2.36. The predicted molar refractivity (Wildman–Crippen MR) is 68.4 cm³/mol. The Morgan fingerprint density at radius 1 is 1.41 bits per heavy atom. The Labute approximate surface area is 99.9 Å². The van der Waals surface area contributed by atoms with Gasteiger partial charge in [0.25, 0.3) is 0 Å². The van der Waals surface area contributed by atoms with Crippen molar-refractivity contribution in [2.24, 2.45) is 5.73 Å². The maximum atomic E-state index is 7.45. The summed E-state index contributed by atoms with van der Waals surface area (Å²) < 4.78 is 5.75. The topological polar surface area (TPSA) is 72.0 Å². The van der Waals surface area contributed by atoms with Crippen molar-refractivity contribution in [3.8, 4) is 5.75 Å². The van der Waals surface area contributed by atoms with E-state index in [0.717, 1.165) is 16.7 Å². The van der Waals surface area contributed by atoms with Crippen LogP contribution in [0.25, 0.3) is 10.9 Å². The summed E-state index contributed by atoms with van der Waals surface area (Å²) in [5, 5.41) is 8.39. The molecule has 0 saturated heterocycles. The molecular weight excluding hydrogens is 214 g/mol. The first kappa shape index (κ1) is 11.4. The summed E-state index contributed by atoms with van der Waals surface area (Å²) in [6.45, 7) is 1.94. The van der Waals surface area contributed by atoms with Crippen LogP contribution in [-0.4, -0.2) is 16.9 Å². The second-order valence-electron chi connectivity index (χ2n) is 3.80. The van der Waals surface area contributed by atoms with Crippen molar-refractivity contribution in [3.05, 3.63) is 36.5 Å². The van der Waals surface area contributed by atoms with Crippen molar-refractivity contribution in [2.45, 2.75) is 19.4 Å². The Hall–Kier alpha value is -2.10. The fourth-order valence-electron chi connectivity index (χ4n) is 1.70. The average Bonchev–Trinajstić information content (AvgIpc) is 2.35. The number of hydrogen-bond acceptors (Lipinski definition) is 3. The highest BCUT2D eigenvalue weighted by Gasteiger charge is 2.12. The maximum absolute atomic E-state index is 7.45. The monoisotopic (exact) mass is 229 g/mol. The van der Waals surface area contributed by atoms with E-state index in [4.69, 9.17) is 15.9 Å². The fourth-order valence-corrected chi connectivity index (χ4v) is 1.70. The smallest absolute Gasteiger partial charge is 0.155 e. The third-order valence-electron chi connectivity index (χ3n) is 2.59. The van der Waals surface area contributed by atoms with E-state index in [1.807, 2.05) is 37.3 Å². The van der Waals surface area contributed by atoms with Crippen molar-refractivity contribution < 1.29 is 4.74 Å². The first-order chi connectivity index (χ1) is 8.22. The minimum absolute atomic E-state index is 0.0494. The molecule has 0 aliphatic rings. The van der Waals surface area contributed by atoms with Gasteiger partial charge in [0.05, 0.1) is 5.52 Å². The van der Waals surface area contributed by atoms with Gasteiger partial charge in [0, 0.05) is 11.6 Å². The molecule has 1 unspecified atom stereocenters. The lowest BCUT2D eigenvalue weighted by Crippen LogP contribution is -2.32. The molecule has 4 heteroatoms. The van der Waals surface area contributed by atoms with E-state index in [2.05, 4.69) is 4.98 Å². The number of pyridine rings is 1. The number of amidine groups is 1. The van der Waals surface area contributed by atoms with Crippen LogP contribution in [-0.2, 0) is 0 Å². The Balaban J connectivity index is 2.38. The lowest BCUT2D eigenvalue weighted by Gasteiger charge is -2.17. The molecule has 1 aromatic carbocycles. The van der Waals surface area contributed by atoms with Gasteiger partial charge in [-0.3, -0.25) is 10.4 Å². The van der Waals surface area contributed by atoms with Crippen molar-refractivity contribution in [1.82, 2.24) is 4.98 Å². The molecule has 0 fully saturated rings. The molecule has 0 amide bonds. The molecule has 0 bridgehead atoms. The number of aromatic nitrogens is 1. The summed E-state index contributed by atoms with van der Waals surface area (Å²) in [6, 6.07) is 9.50. The number of rotatable bonds is 4. The molecule has 0 aliphatic heterocycles. The maximum Gasteiger partial charge on any atom is 0.155 e. The van der Waals surface area contributed by atoms with Crippen LogP contribution in [0, 0.1) is 5.41 Å². The largest absolute Gasteiger partial charge is 0.482 e. The Morgan fingerprint density at radius 3 is 2.94 bits per heavy atom. The molecule has 1 aromatic heterocycles. The summed E-state index contributed by atoms with van der Waals surface area (Å²) in [4.78, 5) is 4.25. The van der Waals surface area contributed by atoms with Crippen LogP contribution >= 0.6 is 0 Å². The zero-order valence-corrected chi connectivity index (χ0v) is 9.68. The van der Waals surface area contributed by atoms with Gasteiger partial charge >= 0.3 is 0 Å². The van der Waals surface area contributed by atoms with Gasteiger partial charge in [-0.05, 0) is 30.7 Å². The number of nitrogens with zero attached hydrogens (tertiary/aromatic N) is 1. The van der Waals surface area contributed by atoms with Crippen molar-refractivity contribution in [3.63, 3.8) is 0 Å². The molecule has 17 heavy (non-hydrogen) atoms. The number of nitrogens with two attached hydrogens (primary N) is 1. The van der Waals surface area contributed by atoms with Gasteiger partial charge in [0.15, 0.2) is 6.10 Å². The van der Waals surface area contributed by atoms with Crippen LogP contribution in [0.1, 0.15) is 13.3 Å². The Morgan fingerprint density at radius 2 is 2.24 bits per heavy atom. The second-order valence-corrected chi connectivity index (χ2v) is 3.80. The zero-order chi connectivity index (χ0) is 12.3. The minimum atomic E-state index is -0.374. The van der Waals surface area contributed by atoms with Crippen LogP contribution in [0.2, 0.25) is 0 Å². The lowest BCUT2D eigenvalue weighted by atomic mass is 10.2. The van der Waals surface area contributed by atoms with Crippen molar-refractivity contribution in [2.75, 3.05) is 0 Å². The SMILES string of the molecule is CCC(Oc1cccc2ncccc12)C(=N)N. The lowest BCUT2D eigenvalue weighted by molar-refractivity contribution is 0.263. The fraction of sp³-hybridized carbons (Fsp3) is 0.231. The van der Waals surface area contributed by atoms with Crippen LogP contribution in [0.5, 0.6) is 5.75 Å². The first-order valence-corrected chi connectivity index (χ1v) is 5.56. The number of ether oxygens (including phenoxy) is 1. The molecular formula is C13H15N3O. The molecule has 4 nitrogen and oxygen atoms in total. The van der Waals surface area contributed by atoms with Gasteiger partial charge in [0.2, 0.25) is 0 Å². The highest BCUT2D eigenvalue weighted by Crippen LogP contribution is 2.25. The van der Waals surface area contributed by atoms with Gasteiger partial charge in [-0.1, -0.05) is 13.0 Å². The first-order valence-electron chi connectivity index (χ1n) is 5.56. The van der Waals surface area contributed by atoms with Crippen molar-refractivity contribution >= 4 is 16.7 Å². The molecule has 0 saturated carbocycles. The van der Waals surface area contributed by atoms with Crippen LogP contribution in [0.3, 0.4) is 0 Å². The van der Waals surface area contributed by atoms with Gasteiger partial charge in [0.1, 0.15) is 11.6 Å². The normalized spacial score (nSPS) is 12.3. The quantitative estimate of drug-likeness (QED) is 0.624. The van der Waals surface area contributed by atoms with Crippen LogP contribution in [0.15, 0.2) is 36.5 Å². The van der Waals surface area contributed by atoms with E-state index < -0.39 is 0 Å². The molecule has 0 aliphatic carbocycles. The standard InChI is InChI=1S/C13H15N3O/c1-2-11(13(14)15)17-12-7-3-6-10-9(12)5-4-8-16-10/h3-8,11H,2H2,1H3,(H3,14,15). The van der Waals surface area contributed by atoms with Gasteiger partial charge in [-0.25, -0.2) is 0 Å². The van der Waals surface area contributed by atoms with E-state index in [0.29, 0.717) is 6.42 Å². The van der Waals surface area contributed by atoms with Crippen molar-refractivity contribution in [1.29, 1.82) is 5.41 Å². The van der Waals surface area contributed by atoms with E-state index in [1.165, 1.54) is 0 Å². The Bertz CT molecular complexity index is 534. The van der Waals surface area contributed by atoms with Gasteiger partial charge < -0.3 is 10.5 Å². The highest BCUT2D eigenvalue weighted by atomic mass is 16.5. The number of nitrogens with one attached hydrogen (secondary N) is 1. The summed E-state index contributed by atoms with van der Waals surface area (Å²) in [5.41, 5.74) is 6.36. The van der Waals surface area contributed by atoms with Gasteiger partial charge in [-0.2, -0.15) is 0 Å². The molecule has 0 radical (unpaired) electrons. The molecule has 1 heterocycles. The molecule has 3 N–H and O–H groups in total. The minimum Gasteiger partial charge on any atom is -0.482 e. The van der Waals surface area contributed by atoms with E-state index >= 15 is 0 Å². The number of hydrogen-bond donors (Lipinski definition) is 2. The molecule has 2 rings (SSSR count). The van der Waals surface area contributed by atoms with E-state index in [9.17, 15) is 0 Å². The molecule has 0 spiro atoms. The third-order valence-corrected chi connectivity index (χ3v) is 2.59. The zero-order valence-electron chi connectivity index (χ0n) is 9.68. The predicted octanol–water partition coefficient (Wildman–Crippen LogP) is 2.33. The second kappa shape index (κ2) is 4.82. The number of benzene rings is 1.